The van der Waals surface area contributed by atoms with Crippen LogP contribution in [0.5, 0.6) is 0 Å². The van der Waals surface area contributed by atoms with E-state index in [-0.39, 0.29) is 11.9 Å². The molecule has 0 fully saturated rings. The van der Waals surface area contributed by atoms with E-state index in [4.69, 9.17) is 7.85 Å². The van der Waals surface area contributed by atoms with Crippen LogP contribution in [-0.4, -0.2) is 18.7 Å². The minimum atomic E-state index is -0.124. The van der Waals surface area contributed by atoms with E-state index < -0.39 is 0 Å². The quantitative estimate of drug-likeness (QED) is 0.708. The molecule has 1 heterocycles. The maximum absolute atomic E-state index is 12.3. The highest BCUT2D eigenvalue weighted by atomic mass is 16.1. The number of fused-ring (bicyclic) bond motifs is 1. The first-order valence-corrected chi connectivity index (χ1v) is 6.87. The summed E-state index contributed by atoms with van der Waals surface area (Å²) in [4.78, 5) is 15.4. The molecule has 1 atom stereocenters. The number of hydrogen-bond acceptors (Lipinski definition) is 1. The van der Waals surface area contributed by atoms with Crippen molar-refractivity contribution in [2.24, 2.45) is 0 Å². The van der Waals surface area contributed by atoms with Gasteiger partial charge in [0.1, 0.15) is 13.5 Å². The van der Waals surface area contributed by atoms with Crippen LogP contribution in [0.3, 0.4) is 0 Å². The first-order chi connectivity index (χ1) is 10.1. The Morgan fingerprint density at radius 2 is 1.95 bits per heavy atom. The molecule has 2 aromatic carbocycles. The molecule has 1 unspecified atom stereocenters. The van der Waals surface area contributed by atoms with Gasteiger partial charge in [0.25, 0.3) is 5.91 Å². The summed E-state index contributed by atoms with van der Waals surface area (Å²) in [7, 11) is 5.77. The number of aromatic nitrogens is 1. The average molecular weight is 274 g/mol. The summed E-state index contributed by atoms with van der Waals surface area (Å²) in [6.45, 7) is 1.94. The van der Waals surface area contributed by atoms with Gasteiger partial charge in [-0.1, -0.05) is 47.9 Å². The van der Waals surface area contributed by atoms with Crippen molar-refractivity contribution >= 4 is 30.1 Å². The van der Waals surface area contributed by atoms with Crippen LogP contribution in [0.25, 0.3) is 10.9 Å². The predicted octanol–water partition coefficient (Wildman–Crippen LogP) is 2.45. The fourth-order valence-electron chi connectivity index (χ4n) is 2.38. The zero-order valence-corrected chi connectivity index (χ0v) is 11.8. The number of benzene rings is 2. The molecule has 0 spiro atoms. The number of aromatic amines is 1. The molecule has 4 heteroatoms. The molecular weight excluding hydrogens is 259 g/mol. The second kappa shape index (κ2) is 5.48. The molecule has 2 N–H and O–H groups in total. The van der Waals surface area contributed by atoms with E-state index in [1.54, 1.807) is 0 Å². The molecule has 0 bridgehead atoms. The topological polar surface area (TPSA) is 44.9 Å². The van der Waals surface area contributed by atoms with Crippen LogP contribution in [-0.2, 0) is 0 Å². The highest BCUT2D eigenvalue weighted by molar-refractivity contribution is 6.32. The highest BCUT2D eigenvalue weighted by Crippen LogP contribution is 2.16. The van der Waals surface area contributed by atoms with Gasteiger partial charge in [0.15, 0.2) is 0 Å². The normalized spacial score (nSPS) is 12.2. The first-order valence-electron chi connectivity index (χ1n) is 6.87. The van der Waals surface area contributed by atoms with E-state index >= 15 is 0 Å². The van der Waals surface area contributed by atoms with Crippen molar-refractivity contribution in [3.63, 3.8) is 0 Å². The van der Waals surface area contributed by atoms with Crippen LogP contribution in [0.2, 0.25) is 0 Å². The first kappa shape index (κ1) is 13.5. The Morgan fingerprint density at radius 1 is 1.14 bits per heavy atom. The molecule has 3 rings (SSSR count). The summed E-state index contributed by atoms with van der Waals surface area (Å²) in [6, 6.07) is 17.1. The monoisotopic (exact) mass is 274 g/mol. The number of amides is 1. The molecule has 3 aromatic rings. The third kappa shape index (κ3) is 2.84. The van der Waals surface area contributed by atoms with E-state index in [9.17, 15) is 4.79 Å². The molecule has 1 aromatic heterocycles. The lowest BCUT2D eigenvalue weighted by atomic mass is 9.93. The van der Waals surface area contributed by atoms with Crippen LogP contribution in [0.1, 0.15) is 29.0 Å². The second-order valence-electron chi connectivity index (χ2n) is 5.14. The van der Waals surface area contributed by atoms with Gasteiger partial charge < -0.3 is 10.3 Å². The number of carbonyl (C=O) groups is 1. The van der Waals surface area contributed by atoms with Crippen molar-refractivity contribution in [3.05, 3.63) is 65.9 Å². The summed E-state index contributed by atoms with van der Waals surface area (Å²) in [6.07, 6.45) is 0. The zero-order valence-electron chi connectivity index (χ0n) is 11.8. The summed E-state index contributed by atoms with van der Waals surface area (Å²) in [5, 5.41) is 4.00. The SMILES string of the molecule is [B]c1cccc(C(C)NC(=O)c2cc3ccccc3[nH]2)c1. The summed E-state index contributed by atoms with van der Waals surface area (Å²) in [5.41, 5.74) is 3.20. The van der Waals surface area contributed by atoms with Gasteiger partial charge in [-0.25, -0.2) is 0 Å². The molecule has 2 radical (unpaired) electrons. The third-order valence-corrected chi connectivity index (χ3v) is 3.53. The Labute approximate surface area is 124 Å². The van der Waals surface area contributed by atoms with Crippen LogP contribution < -0.4 is 10.8 Å². The molecule has 0 aliphatic rings. The highest BCUT2D eigenvalue weighted by Gasteiger charge is 2.13. The number of para-hydroxylation sites is 1. The Bertz CT molecular complexity index is 761. The van der Waals surface area contributed by atoms with Crippen molar-refractivity contribution in [1.29, 1.82) is 0 Å². The Hall–Kier alpha value is -2.49. The van der Waals surface area contributed by atoms with Crippen LogP contribution >= 0.6 is 0 Å². The van der Waals surface area contributed by atoms with Gasteiger partial charge >= 0.3 is 0 Å². The number of hydrogen-bond donors (Lipinski definition) is 2. The van der Waals surface area contributed by atoms with E-state index in [2.05, 4.69) is 10.3 Å². The maximum atomic E-state index is 12.3. The Morgan fingerprint density at radius 3 is 2.71 bits per heavy atom. The number of H-pyrrole nitrogens is 1. The lowest BCUT2D eigenvalue weighted by Crippen LogP contribution is -2.27. The minimum absolute atomic E-state index is 0.104. The lowest BCUT2D eigenvalue weighted by molar-refractivity contribution is 0.0935. The molecule has 3 nitrogen and oxygen atoms in total. The average Bonchev–Trinajstić information content (AvgIpc) is 2.91. The predicted molar refractivity (Wildman–Crippen MR) is 86.0 cm³/mol. The zero-order chi connectivity index (χ0) is 14.8. The molecule has 102 valence electrons. The minimum Gasteiger partial charge on any atom is -0.351 e. The summed E-state index contributed by atoms with van der Waals surface area (Å²) >= 11 is 0. The van der Waals surface area contributed by atoms with E-state index in [1.165, 1.54) is 0 Å². The largest absolute Gasteiger partial charge is 0.351 e. The van der Waals surface area contributed by atoms with E-state index in [0.717, 1.165) is 16.5 Å². The number of rotatable bonds is 3. The second-order valence-corrected chi connectivity index (χ2v) is 5.14. The smallest absolute Gasteiger partial charge is 0.268 e. The Balaban J connectivity index is 1.79. The van der Waals surface area contributed by atoms with Crippen molar-refractivity contribution < 1.29 is 4.79 Å². The third-order valence-electron chi connectivity index (χ3n) is 3.53. The fraction of sp³-hybridized carbons (Fsp3) is 0.118. The molecule has 0 saturated heterocycles. The van der Waals surface area contributed by atoms with Gasteiger partial charge in [0, 0.05) is 10.9 Å². The van der Waals surface area contributed by atoms with Gasteiger partial charge in [0.05, 0.1) is 6.04 Å². The molecule has 0 aliphatic carbocycles. The molecule has 0 saturated carbocycles. The van der Waals surface area contributed by atoms with E-state index in [0.29, 0.717) is 11.2 Å². The maximum Gasteiger partial charge on any atom is 0.268 e. The number of nitrogens with one attached hydrogen (secondary N) is 2. The molecule has 1 amide bonds. The van der Waals surface area contributed by atoms with Crippen molar-refractivity contribution in [1.82, 2.24) is 10.3 Å². The van der Waals surface area contributed by atoms with Gasteiger partial charge in [-0.05, 0) is 24.6 Å². The van der Waals surface area contributed by atoms with Gasteiger partial charge in [-0.15, -0.1) is 0 Å². The van der Waals surface area contributed by atoms with Crippen LogP contribution in [0, 0.1) is 0 Å². The van der Waals surface area contributed by atoms with E-state index in [1.807, 2.05) is 61.5 Å². The van der Waals surface area contributed by atoms with Gasteiger partial charge in [-0.2, -0.15) is 0 Å². The van der Waals surface area contributed by atoms with Crippen molar-refractivity contribution in [2.75, 3.05) is 0 Å². The summed E-state index contributed by atoms with van der Waals surface area (Å²) < 4.78 is 0. The van der Waals surface area contributed by atoms with Crippen molar-refractivity contribution in [2.45, 2.75) is 13.0 Å². The molecule has 21 heavy (non-hydrogen) atoms. The van der Waals surface area contributed by atoms with Gasteiger partial charge in [-0.3, -0.25) is 4.79 Å². The summed E-state index contributed by atoms with van der Waals surface area (Å²) in [5.74, 6) is -0.124. The lowest BCUT2D eigenvalue weighted by Gasteiger charge is -2.14. The Kier molecular flexibility index (Phi) is 3.52. The number of carbonyl (C=O) groups excluding carboxylic acids is 1. The van der Waals surface area contributed by atoms with Crippen molar-refractivity contribution in [3.8, 4) is 0 Å². The van der Waals surface area contributed by atoms with Gasteiger partial charge in [0.2, 0.25) is 0 Å². The molecule has 0 aliphatic heterocycles. The standard InChI is InChI=1S/C17H15BN2O/c1-11(12-6-4-7-14(18)9-12)19-17(21)16-10-13-5-2-3-8-15(13)20-16/h2-11,20H,1H3,(H,19,21). The molecular formula is C17H15BN2O. The van der Waals surface area contributed by atoms with Crippen LogP contribution in [0.15, 0.2) is 54.6 Å². The van der Waals surface area contributed by atoms with Crippen LogP contribution in [0.4, 0.5) is 0 Å². The fourth-order valence-corrected chi connectivity index (χ4v) is 2.38.